The number of hydrogen-bond acceptors (Lipinski definition) is 2. The predicted octanol–water partition coefficient (Wildman–Crippen LogP) is 4.90. The van der Waals surface area contributed by atoms with Crippen LogP contribution in [-0.2, 0) is 6.42 Å². The first-order valence-corrected chi connectivity index (χ1v) is 8.12. The van der Waals surface area contributed by atoms with Gasteiger partial charge in [0.25, 0.3) is 0 Å². The quantitative estimate of drug-likeness (QED) is 0.528. The van der Waals surface area contributed by atoms with Gasteiger partial charge in [-0.15, -0.1) is 0 Å². The van der Waals surface area contributed by atoms with E-state index in [0.29, 0.717) is 6.42 Å². The number of rotatable bonds is 3. The van der Waals surface area contributed by atoms with Gasteiger partial charge in [-0.25, -0.2) is 0 Å². The molecule has 0 amide bonds. The minimum atomic E-state index is 0.0955. The summed E-state index contributed by atoms with van der Waals surface area (Å²) in [5.41, 5.74) is 2.95. The molecule has 4 aromatic carbocycles. The Labute approximate surface area is 140 Å². The van der Waals surface area contributed by atoms with Crippen molar-refractivity contribution in [1.29, 1.82) is 0 Å². The minimum Gasteiger partial charge on any atom is -0.507 e. The molecule has 24 heavy (non-hydrogen) atoms. The highest BCUT2D eigenvalue weighted by molar-refractivity contribution is 6.09. The molecule has 0 fully saturated rings. The Morgan fingerprint density at radius 3 is 2.25 bits per heavy atom. The second kappa shape index (κ2) is 5.99. The Morgan fingerprint density at radius 1 is 0.708 bits per heavy atom. The van der Waals surface area contributed by atoms with E-state index in [1.165, 1.54) is 5.39 Å². The summed E-state index contributed by atoms with van der Waals surface area (Å²) in [7, 11) is 0. The van der Waals surface area contributed by atoms with Crippen LogP contribution in [-0.4, -0.2) is 16.8 Å². The molecule has 118 valence electrons. The van der Waals surface area contributed by atoms with Gasteiger partial charge in [0.1, 0.15) is 5.75 Å². The van der Waals surface area contributed by atoms with Crippen LogP contribution in [0.5, 0.6) is 5.75 Å². The van der Waals surface area contributed by atoms with Crippen LogP contribution in [0.25, 0.3) is 32.7 Å². The van der Waals surface area contributed by atoms with Crippen molar-refractivity contribution in [1.82, 2.24) is 0 Å². The van der Waals surface area contributed by atoms with Gasteiger partial charge in [-0.2, -0.15) is 0 Å². The number of aromatic hydroxyl groups is 1. The number of benzene rings is 4. The van der Waals surface area contributed by atoms with E-state index in [0.717, 1.165) is 32.8 Å². The van der Waals surface area contributed by atoms with Crippen molar-refractivity contribution in [3.8, 4) is 16.9 Å². The van der Waals surface area contributed by atoms with Crippen LogP contribution in [0, 0.1) is 0 Å². The van der Waals surface area contributed by atoms with Crippen LogP contribution >= 0.6 is 0 Å². The van der Waals surface area contributed by atoms with Gasteiger partial charge in [0, 0.05) is 12.2 Å². The summed E-state index contributed by atoms with van der Waals surface area (Å²) in [6, 6.07) is 24.0. The zero-order chi connectivity index (χ0) is 16.5. The Morgan fingerprint density at radius 2 is 1.42 bits per heavy atom. The van der Waals surface area contributed by atoms with Crippen LogP contribution in [0.1, 0.15) is 5.56 Å². The molecule has 0 unspecified atom stereocenters. The molecule has 0 heterocycles. The fourth-order valence-electron chi connectivity index (χ4n) is 3.52. The van der Waals surface area contributed by atoms with E-state index in [9.17, 15) is 10.2 Å². The van der Waals surface area contributed by atoms with Gasteiger partial charge in [-0.05, 0) is 51.2 Å². The van der Waals surface area contributed by atoms with Gasteiger partial charge in [0.05, 0.1) is 0 Å². The standard InChI is InChI=1S/C22H18O2/c23-13-12-20-17-8-2-1-6-15(17)14-16-7-5-10-19(22(16)20)18-9-3-4-11-21(18)24/h1-11,14,23-24H,12-13H2. The first-order valence-electron chi connectivity index (χ1n) is 8.12. The Kier molecular flexibility index (Phi) is 3.68. The van der Waals surface area contributed by atoms with Crippen LogP contribution in [0.15, 0.2) is 72.8 Å². The maximum Gasteiger partial charge on any atom is 0.123 e. The monoisotopic (exact) mass is 314 g/mol. The number of para-hydroxylation sites is 1. The van der Waals surface area contributed by atoms with E-state index >= 15 is 0 Å². The number of phenolic OH excluding ortho intramolecular Hbond substituents is 1. The Hall–Kier alpha value is -2.84. The van der Waals surface area contributed by atoms with Gasteiger partial charge in [0.2, 0.25) is 0 Å². The molecule has 2 nitrogen and oxygen atoms in total. The van der Waals surface area contributed by atoms with E-state index in [2.05, 4.69) is 24.3 Å². The summed E-state index contributed by atoms with van der Waals surface area (Å²) in [5, 5.41) is 24.5. The highest BCUT2D eigenvalue weighted by Gasteiger charge is 2.13. The highest BCUT2D eigenvalue weighted by atomic mass is 16.3. The average molecular weight is 314 g/mol. The zero-order valence-corrected chi connectivity index (χ0v) is 13.2. The Balaban J connectivity index is 2.16. The molecule has 0 bridgehead atoms. The Bertz CT molecular complexity index is 1030. The van der Waals surface area contributed by atoms with E-state index in [-0.39, 0.29) is 12.4 Å². The van der Waals surface area contributed by atoms with Gasteiger partial charge in [-0.3, -0.25) is 0 Å². The molecule has 0 aliphatic rings. The summed E-state index contributed by atoms with van der Waals surface area (Å²) in [6.07, 6.45) is 0.586. The lowest BCUT2D eigenvalue weighted by Gasteiger charge is -2.15. The molecule has 0 saturated carbocycles. The second-order valence-electron chi connectivity index (χ2n) is 5.97. The third-order valence-corrected chi connectivity index (χ3v) is 4.55. The third-order valence-electron chi connectivity index (χ3n) is 4.55. The number of phenols is 1. The fourth-order valence-corrected chi connectivity index (χ4v) is 3.52. The molecular weight excluding hydrogens is 296 g/mol. The van der Waals surface area contributed by atoms with E-state index < -0.39 is 0 Å². The number of fused-ring (bicyclic) bond motifs is 2. The molecule has 0 aromatic heterocycles. The summed E-state index contributed by atoms with van der Waals surface area (Å²) >= 11 is 0. The molecule has 0 radical (unpaired) electrons. The molecule has 0 spiro atoms. The maximum atomic E-state index is 10.3. The molecular formula is C22H18O2. The fraction of sp³-hybridized carbons (Fsp3) is 0.0909. The number of aliphatic hydroxyl groups excluding tert-OH is 1. The topological polar surface area (TPSA) is 40.5 Å². The molecule has 0 aliphatic carbocycles. The largest absolute Gasteiger partial charge is 0.507 e. The molecule has 0 atom stereocenters. The maximum absolute atomic E-state index is 10.3. The first-order chi connectivity index (χ1) is 11.8. The van der Waals surface area contributed by atoms with Crippen molar-refractivity contribution < 1.29 is 10.2 Å². The van der Waals surface area contributed by atoms with Crippen LogP contribution in [0.2, 0.25) is 0 Å². The van der Waals surface area contributed by atoms with Crippen molar-refractivity contribution in [2.45, 2.75) is 6.42 Å². The summed E-state index contributed by atoms with van der Waals surface area (Å²) in [4.78, 5) is 0. The molecule has 4 rings (SSSR count). The molecule has 0 saturated heterocycles. The van der Waals surface area contributed by atoms with Crippen molar-refractivity contribution in [3.05, 3.63) is 78.4 Å². The van der Waals surface area contributed by atoms with Crippen molar-refractivity contribution in [2.75, 3.05) is 6.61 Å². The van der Waals surface area contributed by atoms with Crippen LogP contribution in [0.4, 0.5) is 0 Å². The third kappa shape index (κ3) is 2.32. The highest BCUT2D eigenvalue weighted by Crippen LogP contribution is 2.38. The lowest BCUT2D eigenvalue weighted by Crippen LogP contribution is -1.96. The zero-order valence-electron chi connectivity index (χ0n) is 13.2. The molecule has 2 heteroatoms. The number of hydrogen-bond donors (Lipinski definition) is 2. The van der Waals surface area contributed by atoms with Gasteiger partial charge in [0.15, 0.2) is 0 Å². The molecule has 2 N–H and O–H groups in total. The summed E-state index contributed by atoms with van der Waals surface area (Å²) in [5.74, 6) is 0.271. The van der Waals surface area contributed by atoms with Crippen LogP contribution in [0.3, 0.4) is 0 Å². The van der Waals surface area contributed by atoms with Crippen LogP contribution < -0.4 is 0 Å². The van der Waals surface area contributed by atoms with Crippen molar-refractivity contribution in [2.24, 2.45) is 0 Å². The smallest absolute Gasteiger partial charge is 0.123 e. The first kappa shape index (κ1) is 14.7. The number of aliphatic hydroxyl groups is 1. The summed E-state index contributed by atoms with van der Waals surface area (Å²) in [6.45, 7) is 0.0955. The average Bonchev–Trinajstić information content (AvgIpc) is 2.61. The summed E-state index contributed by atoms with van der Waals surface area (Å²) < 4.78 is 0. The molecule has 0 aliphatic heterocycles. The van der Waals surface area contributed by atoms with E-state index in [1.807, 2.05) is 42.5 Å². The SMILES string of the molecule is OCCc1c2ccccc2cc2cccc(-c3ccccc3O)c12. The molecule has 4 aromatic rings. The van der Waals surface area contributed by atoms with Gasteiger partial charge < -0.3 is 10.2 Å². The predicted molar refractivity (Wildman–Crippen MR) is 99.3 cm³/mol. The van der Waals surface area contributed by atoms with Gasteiger partial charge >= 0.3 is 0 Å². The van der Waals surface area contributed by atoms with E-state index in [1.54, 1.807) is 6.07 Å². The van der Waals surface area contributed by atoms with Gasteiger partial charge in [-0.1, -0.05) is 60.7 Å². The normalized spacial score (nSPS) is 11.2. The second-order valence-corrected chi connectivity index (χ2v) is 5.97. The minimum absolute atomic E-state index is 0.0955. The lowest BCUT2D eigenvalue weighted by atomic mass is 9.89. The van der Waals surface area contributed by atoms with E-state index in [4.69, 9.17) is 0 Å². The lowest BCUT2D eigenvalue weighted by molar-refractivity contribution is 0.300. The van der Waals surface area contributed by atoms with Crippen molar-refractivity contribution in [3.63, 3.8) is 0 Å². The van der Waals surface area contributed by atoms with Crippen molar-refractivity contribution >= 4 is 21.5 Å².